The maximum Gasteiger partial charge on any atom is 0.251 e. The second-order valence-electron chi connectivity index (χ2n) is 10.7. The van der Waals surface area contributed by atoms with Gasteiger partial charge in [0, 0.05) is 44.0 Å². The summed E-state index contributed by atoms with van der Waals surface area (Å²) in [4.78, 5) is 45.8. The predicted octanol–water partition coefficient (Wildman–Crippen LogP) is 1.95. The number of likely N-dealkylation sites (tertiary alicyclic amines) is 1. The maximum absolute atomic E-state index is 13.7. The van der Waals surface area contributed by atoms with E-state index < -0.39 is 18.2 Å². The third-order valence-electron chi connectivity index (χ3n) is 7.52. The molecule has 3 heterocycles. The first-order valence-electron chi connectivity index (χ1n) is 13.8. The van der Waals surface area contributed by atoms with Crippen molar-refractivity contribution in [3.8, 4) is 0 Å². The number of benzene rings is 1. The number of hydrogen-bond acceptors (Lipinski definition) is 7. The Morgan fingerprint density at radius 3 is 2.43 bits per heavy atom. The molecule has 1 unspecified atom stereocenters. The highest BCUT2D eigenvalue weighted by Crippen LogP contribution is 2.30. The first kappa shape index (κ1) is 27.5. The lowest BCUT2D eigenvalue weighted by Crippen LogP contribution is -2.52. The van der Waals surface area contributed by atoms with Crippen LogP contribution in [0.2, 0.25) is 0 Å². The fourth-order valence-electron chi connectivity index (χ4n) is 5.70. The van der Waals surface area contributed by atoms with E-state index in [1.807, 2.05) is 45.0 Å². The van der Waals surface area contributed by atoms with Crippen molar-refractivity contribution in [3.63, 3.8) is 0 Å². The van der Waals surface area contributed by atoms with Crippen LogP contribution >= 0.6 is 0 Å². The molecule has 2 amide bonds. The van der Waals surface area contributed by atoms with Gasteiger partial charge in [-0.2, -0.15) is 0 Å². The number of nitrogens with zero attached hydrogens (tertiary/aromatic N) is 3. The highest BCUT2D eigenvalue weighted by Gasteiger charge is 2.53. The number of carbonyl (C=O) groups is 3. The molecule has 3 fully saturated rings. The number of rotatable bonds is 10. The molecule has 3 aliphatic heterocycles. The van der Waals surface area contributed by atoms with Crippen LogP contribution in [0.25, 0.3) is 0 Å². The van der Waals surface area contributed by atoms with Crippen molar-refractivity contribution in [2.24, 2.45) is 5.92 Å². The van der Waals surface area contributed by atoms with Crippen molar-refractivity contribution in [2.45, 2.75) is 64.8 Å². The van der Waals surface area contributed by atoms with Crippen molar-refractivity contribution in [1.29, 1.82) is 0 Å². The molecule has 3 aliphatic rings. The van der Waals surface area contributed by atoms with E-state index in [2.05, 4.69) is 22.0 Å². The van der Waals surface area contributed by atoms with Crippen molar-refractivity contribution < 1.29 is 23.9 Å². The zero-order valence-corrected chi connectivity index (χ0v) is 22.7. The smallest absolute Gasteiger partial charge is 0.251 e. The maximum atomic E-state index is 13.7. The summed E-state index contributed by atoms with van der Waals surface area (Å²) in [5, 5.41) is 2.96. The average molecular weight is 515 g/mol. The van der Waals surface area contributed by atoms with Crippen LogP contribution in [0.1, 0.15) is 50.9 Å². The molecule has 0 aromatic heterocycles. The Morgan fingerprint density at radius 1 is 1.11 bits per heavy atom. The quantitative estimate of drug-likeness (QED) is 0.510. The highest BCUT2D eigenvalue weighted by atomic mass is 16.6. The van der Waals surface area contributed by atoms with Gasteiger partial charge in [0.2, 0.25) is 5.91 Å². The Morgan fingerprint density at radius 2 is 1.81 bits per heavy atom. The van der Waals surface area contributed by atoms with Gasteiger partial charge in [0.1, 0.15) is 30.9 Å². The number of hydrogen-bond donors (Lipinski definition) is 1. The van der Waals surface area contributed by atoms with Crippen LogP contribution in [0, 0.1) is 5.92 Å². The van der Waals surface area contributed by atoms with E-state index in [0.29, 0.717) is 25.1 Å². The Balaban J connectivity index is 1.42. The number of fused-ring (bicyclic) bond motifs is 1. The van der Waals surface area contributed by atoms with E-state index in [0.717, 1.165) is 38.4 Å². The van der Waals surface area contributed by atoms with Crippen LogP contribution < -0.4 is 10.2 Å². The number of Topliss-reactive ketones (excluding diaryl/α,β-unsaturated/α-hetero) is 1. The summed E-state index contributed by atoms with van der Waals surface area (Å²) >= 11 is 0. The second-order valence-corrected chi connectivity index (χ2v) is 10.7. The summed E-state index contributed by atoms with van der Waals surface area (Å²) in [6.07, 6.45) is 0.869. The number of anilines is 1. The zero-order valence-electron chi connectivity index (χ0n) is 22.7. The topological polar surface area (TPSA) is 91.4 Å². The lowest BCUT2D eigenvalue weighted by Gasteiger charge is -2.36. The van der Waals surface area contributed by atoms with Crippen molar-refractivity contribution in [1.82, 2.24) is 15.1 Å². The Labute approximate surface area is 220 Å². The number of ketones is 1. The molecule has 0 saturated carbocycles. The summed E-state index contributed by atoms with van der Waals surface area (Å²) in [5.74, 6) is -0.468. The Hall–Kier alpha value is -2.49. The Bertz CT molecular complexity index is 944. The summed E-state index contributed by atoms with van der Waals surface area (Å²) < 4.78 is 11.4. The van der Waals surface area contributed by atoms with Crippen LogP contribution in [0.5, 0.6) is 0 Å². The summed E-state index contributed by atoms with van der Waals surface area (Å²) in [6.45, 7) is 14.0. The molecule has 4 rings (SSSR count). The molecule has 0 spiro atoms. The molecular formula is C28H42N4O5. The fraction of sp³-hybridized carbons (Fsp3) is 0.679. The lowest BCUT2D eigenvalue weighted by atomic mass is 10.0. The minimum atomic E-state index is -0.728. The minimum absolute atomic E-state index is 0.0100. The normalized spacial score (nSPS) is 25.0. The Kier molecular flexibility index (Phi) is 9.21. The van der Waals surface area contributed by atoms with Crippen molar-refractivity contribution in [2.75, 3.05) is 57.4 Å². The van der Waals surface area contributed by atoms with Gasteiger partial charge in [0.15, 0.2) is 5.78 Å². The van der Waals surface area contributed by atoms with E-state index in [1.165, 1.54) is 6.42 Å². The van der Waals surface area contributed by atoms with Gasteiger partial charge in [0.25, 0.3) is 5.91 Å². The van der Waals surface area contributed by atoms with Gasteiger partial charge in [-0.25, -0.2) is 0 Å². The lowest BCUT2D eigenvalue weighted by molar-refractivity contribution is -0.138. The van der Waals surface area contributed by atoms with Crippen molar-refractivity contribution in [3.05, 3.63) is 29.8 Å². The molecule has 0 aliphatic carbocycles. The first-order chi connectivity index (χ1) is 17.8. The number of carbonyl (C=O) groups excluding carboxylic acids is 3. The first-order valence-corrected chi connectivity index (χ1v) is 13.8. The van der Waals surface area contributed by atoms with E-state index in [-0.39, 0.29) is 36.2 Å². The van der Waals surface area contributed by atoms with Crippen LogP contribution in [-0.4, -0.2) is 104 Å². The van der Waals surface area contributed by atoms with E-state index in [4.69, 9.17) is 9.47 Å². The van der Waals surface area contributed by atoms with E-state index in [9.17, 15) is 14.4 Å². The molecule has 37 heavy (non-hydrogen) atoms. The summed E-state index contributed by atoms with van der Waals surface area (Å²) in [5.41, 5.74) is 1.62. The third kappa shape index (κ3) is 6.33. The number of amides is 2. The van der Waals surface area contributed by atoms with Crippen LogP contribution in [0.3, 0.4) is 0 Å². The molecule has 1 aromatic carbocycles. The minimum Gasteiger partial charge on any atom is -0.374 e. The van der Waals surface area contributed by atoms with Gasteiger partial charge in [-0.15, -0.1) is 0 Å². The van der Waals surface area contributed by atoms with Crippen LogP contribution in [0.4, 0.5) is 5.69 Å². The number of nitrogens with one attached hydrogen (secondary N) is 1. The molecule has 1 aromatic rings. The molecular weight excluding hydrogens is 472 g/mol. The van der Waals surface area contributed by atoms with E-state index in [1.54, 1.807) is 4.90 Å². The molecule has 0 bridgehead atoms. The highest BCUT2D eigenvalue weighted by molar-refractivity contribution is 5.99. The second kappa shape index (κ2) is 12.4. The predicted molar refractivity (Wildman–Crippen MR) is 142 cm³/mol. The van der Waals surface area contributed by atoms with Gasteiger partial charge in [0.05, 0.1) is 6.54 Å². The van der Waals surface area contributed by atoms with Gasteiger partial charge < -0.3 is 24.6 Å². The third-order valence-corrected chi connectivity index (χ3v) is 7.52. The molecule has 9 heteroatoms. The van der Waals surface area contributed by atoms with Gasteiger partial charge in [-0.3, -0.25) is 19.3 Å². The van der Waals surface area contributed by atoms with Crippen molar-refractivity contribution >= 4 is 23.3 Å². The molecule has 1 N–H and O–H groups in total. The molecule has 204 valence electrons. The van der Waals surface area contributed by atoms with Crippen LogP contribution in [-0.2, 0) is 19.1 Å². The molecule has 9 nitrogen and oxygen atoms in total. The SMILES string of the molecule is CCCN1CCN(c2ccc(C(=O)NC(CC(C)C)C(=O)N3C[C@H](OCC)[C@H]4OCC(=O)[C@H]43)cc2)CC1. The van der Waals surface area contributed by atoms with Gasteiger partial charge in [-0.05, 0) is 56.5 Å². The number of ether oxygens (including phenoxy) is 2. The van der Waals surface area contributed by atoms with E-state index >= 15 is 0 Å². The standard InChI is InChI=1S/C28H42N4O5/c1-5-11-30-12-14-31(15-13-30)21-9-7-20(8-10-21)27(34)29-22(16-19(3)4)28(35)32-17-24(36-6-2)26-25(32)23(33)18-37-26/h7-10,19,22,24-26H,5-6,11-18H2,1-4H3,(H,29,34)/t22?,24-,25+,26+/m0/s1. The molecule has 0 radical (unpaired) electrons. The largest absolute Gasteiger partial charge is 0.374 e. The number of piperazine rings is 1. The monoisotopic (exact) mass is 514 g/mol. The molecule has 4 atom stereocenters. The van der Waals surface area contributed by atoms with Gasteiger partial charge >= 0.3 is 0 Å². The summed E-state index contributed by atoms with van der Waals surface area (Å²) in [7, 11) is 0. The molecule has 3 saturated heterocycles. The zero-order chi connectivity index (χ0) is 26.5. The van der Waals surface area contributed by atoms with Crippen LogP contribution in [0.15, 0.2) is 24.3 Å². The average Bonchev–Trinajstić information content (AvgIpc) is 3.44. The summed E-state index contributed by atoms with van der Waals surface area (Å²) in [6, 6.07) is 6.24. The fourth-order valence-corrected chi connectivity index (χ4v) is 5.70. The van der Waals surface area contributed by atoms with Gasteiger partial charge in [-0.1, -0.05) is 20.8 Å².